The number of hydrogen-bond donors (Lipinski definition) is 0. The molecule has 7 heteroatoms. The highest BCUT2D eigenvalue weighted by Crippen LogP contribution is 2.36. The molecule has 1 aromatic rings. The average Bonchev–Trinajstić information content (AvgIpc) is 3.23. The van der Waals surface area contributed by atoms with Gasteiger partial charge in [0.05, 0.1) is 18.4 Å². The van der Waals surface area contributed by atoms with Gasteiger partial charge in [0.15, 0.2) is 0 Å². The highest BCUT2D eigenvalue weighted by atomic mass is 32.2. The van der Waals surface area contributed by atoms with Crippen molar-refractivity contribution in [2.24, 2.45) is 0 Å². The summed E-state index contributed by atoms with van der Waals surface area (Å²) >= 11 is 0. The molecule has 0 amide bonds. The molecule has 1 aromatic heterocycles. The lowest BCUT2D eigenvalue weighted by atomic mass is 10.1. The molecule has 0 radical (unpaired) electrons. The molecule has 0 aromatic carbocycles. The van der Waals surface area contributed by atoms with E-state index in [-0.39, 0.29) is 12.1 Å². The minimum atomic E-state index is -3.47. The van der Waals surface area contributed by atoms with Crippen LogP contribution >= 0.6 is 0 Å². The van der Waals surface area contributed by atoms with Crippen LogP contribution in [0.4, 0.5) is 0 Å². The smallest absolute Gasteiger partial charge is 0.282 e. The summed E-state index contributed by atoms with van der Waals surface area (Å²) in [5.41, 5.74) is 0. The van der Waals surface area contributed by atoms with Crippen molar-refractivity contribution in [2.75, 3.05) is 26.2 Å². The normalized spacial score (nSPS) is 27.5. The monoisotopic (exact) mass is 342 g/mol. The van der Waals surface area contributed by atoms with Crippen LogP contribution in [0, 0.1) is 0 Å². The molecule has 2 aliphatic heterocycles. The van der Waals surface area contributed by atoms with Crippen LogP contribution in [0.15, 0.2) is 22.8 Å². The van der Waals surface area contributed by atoms with E-state index in [1.54, 1.807) is 14.9 Å². The third-order valence-corrected chi connectivity index (χ3v) is 6.61. The molecule has 23 heavy (non-hydrogen) atoms. The highest BCUT2D eigenvalue weighted by molar-refractivity contribution is 7.86. The fourth-order valence-corrected chi connectivity index (χ4v) is 5.37. The second kappa shape index (κ2) is 7.34. The maximum Gasteiger partial charge on any atom is 0.282 e. The van der Waals surface area contributed by atoms with Crippen molar-refractivity contribution in [3.8, 4) is 0 Å². The molecule has 2 fully saturated rings. The third-order valence-electron chi connectivity index (χ3n) is 4.60. The minimum absolute atomic E-state index is 0.0168. The van der Waals surface area contributed by atoms with Crippen molar-refractivity contribution >= 4 is 10.2 Å². The van der Waals surface area contributed by atoms with E-state index in [1.165, 1.54) is 0 Å². The first-order chi connectivity index (χ1) is 11.1. The Morgan fingerprint density at radius 2 is 2.13 bits per heavy atom. The summed E-state index contributed by atoms with van der Waals surface area (Å²) in [6.07, 6.45) is 6.05. The molecule has 6 nitrogen and oxygen atoms in total. The maximum absolute atomic E-state index is 13.1. The molecule has 0 aliphatic carbocycles. The second-order valence-electron chi connectivity index (χ2n) is 6.28. The van der Waals surface area contributed by atoms with Crippen LogP contribution in [0.2, 0.25) is 0 Å². The molecule has 0 N–H and O–H groups in total. The molecule has 2 atom stereocenters. The number of nitrogens with zero attached hydrogens (tertiary/aromatic N) is 2. The summed E-state index contributed by atoms with van der Waals surface area (Å²) < 4.78 is 40.6. The van der Waals surface area contributed by atoms with Crippen LogP contribution in [0.5, 0.6) is 0 Å². The summed E-state index contributed by atoms with van der Waals surface area (Å²) in [7, 11) is -3.47. The van der Waals surface area contributed by atoms with Crippen molar-refractivity contribution in [1.29, 1.82) is 0 Å². The zero-order valence-electron chi connectivity index (χ0n) is 13.7. The first kappa shape index (κ1) is 17.0. The van der Waals surface area contributed by atoms with E-state index in [4.69, 9.17) is 9.15 Å². The Labute approximate surface area is 138 Å². The summed E-state index contributed by atoms with van der Waals surface area (Å²) in [4.78, 5) is 0. The van der Waals surface area contributed by atoms with E-state index in [1.807, 2.05) is 12.1 Å². The Bertz CT molecular complexity index is 587. The molecular weight excluding hydrogens is 316 g/mol. The average molecular weight is 342 g/mol. The van der Waals surface area contributed by atoms with Gasteiger partial charge in [-0.25, -0.2) is 0 Å². The van der Waals surface area contributed by atoms with Crippen molar-refractivity contribution in [3.63, 3.8) is 0 Å². The zero-order chi connectivity index (χ0) is 16.3. The molecule has 2 aliphatic rings. The van der Waals surface area contributed by atoms with E-state index < -0.39 is 10.2 Å². The summed E-state index contributed by atoms with van der Waals surface area (Å²) in [5.74, 6) is 0.738. The van der Waals surface area contributed by atoms with Crippen LogP contribution < -0.4 is 0 Å². The maximum atomic E-state index is 13.1. The Kier molecular flexibility index (Phi) is 5.41. The Balaban J connectivity index is 1.72. The van der Waals surface area contributed by atoms with Gasteiger partial charge >= 0.3 is 0 Å². The zero-order valence-corrected chi connectivity index (χ0v) is 14.5. The predicted molar refractivity (Wildman–Crippen MR) is 87.1 cm³/mol. The lowest BCUT2D eigenvalue weighted by Gasteiger charge is -2.35. The summed E-state index contributed by atoms with van der Waals surface area (Å²) in [5, 5.41) is 0. The number of rotatable bonds is 6. The van der Waals surface area contributed by atoms with Gasteiger partial charge in [0.1, 0.15) is 5.76 Å². The first-order valence-corrected chi connectivity index (χ1v) is 9.94. The van der Waals surface area contributed by atoms with Crippen molar-refractivity contribution in [3.05, 3.63) is 24.2 Å². The van der Waals surface area contributed by atoms with Crippen LogP contribution in [-0.2, 0) is 14.9 Å². The quantitative estimate of drug-likeness (QED) is 0.797. The lowest BCUT2D eigenvalue weighted by Crippen LogP contribution is -2.49. The predicted octanol–water partition coefficient (Wildman–Crippen LogP) is 2.55. The van der Waals surface area contributed by atoms with Crippen molar-refractivity contribution in [2.45, 2.75) is 51.2 Å². The fourth-order valence-electron chi connectivity index (χ4n) is 3.46. The van der Waals surface area contributed by atoms with Gasteiger partial charge in [-0.05, 0) is 44.2 Å². The minimum Gasteiger partial charge on any atom is -0.468 e. The largest absolute Gasteiger partial charge is 0.468 e. The molecule has 0 saturated carbocycles. The number of ether oxygens (including phenoxy) is 1. The summed E-state index contributed by atoms with van der Waals surface area (Å²) in [6.45, 7) is 4.36. The Morgan fingerprint density at radius 1 is 1.30 bits per heavy atom. The van der Waals surface area contributed by atoms with Crippen LogP contribution in [0.3, 0.4) is 0 Å². The van der Waals surface area contributed by atoms with Crippen LogP contribution in [0.25, 0.3) is 0 Å². The first-order valence-electron chi connectivity index (χ1n) is 8.55. The lowest BCUT2D eigenvalue weighted by molar-refractivity contribution is 0.0179. The van der Waals surface area contributed by atoms with Crippen molar-refractivity contribution < 1.29 is 17.6 Å². The summed E-state index contributed by atoms with van der Waals surface area (Å²) in [6, 6.07) is 3.50. The molecule has 130 valence electrons. The van der Waals surface area contributed by atoms with Gasteiger partial charge in [0.2, 0.25) is 0 Å². The van der Waals surface area contributed by atoms with Gasteiger partial charge < -0.3 is 9.15 Å². The van der Waals surface area contributed by atoms with Gasteiger partial charge in [0, 0.05) is 26.2 Å². The fraction of sp³-hybridized carbons (Fsp3) is 0.750. The van der Waals surface area contributed by atoms with Crippen molar-refractivity contribution in [1.82, 2.24) is 8.61 Å². The highest BCUT2D eigenvalue weighted by Gasteiger charge is 2.41. The van der Waals surface area contributed by atoms with Gasteiger partial charge in [-0.3, -0.25) is 0 Å². The van der Waals surface area contributed by atoms with E-state index in [2.05, 4.69) is 6.92 Å². The van der Waals surface area contributed by atoms with Gasteiger partial charge in [0.25, 0.3) is 10.2 Å². The number of furan rings is 1. The molecule has 2 saturated heterocycles. The SMILES string of the molecule is CCCOC1CCCN(S(=O)(=O)N2CCCC2c2ccco2)C1. The molecule has 3 rings (SSSR count). The molecule has 2 unspecified atom stereocenters. The van der Waals surface area contributed by atoms with E-state index >= 15 is 0 Å². The molecule has 3 heterocycles. The van der Waals surface area contributed by atoms with Crippen LogP contribution in [0.1, 0.15) is 50.8 Å². The number of hydrogen-bond acceptors (Lipinski definition) is 4. The Morgan fingerprint density at radius 3 is 2.87 bits per heavy atom. The van der Waals surface area contributed by atoms with Gasteiger partial charge in [-0.1, -0.05) is 6.92 Å². The van der Waals surface area contributed by atoms with E-state index in [0.717, 1.165) is 37.9 Å². The van der Waals surface area contributed by atoms with E-state index in [0.29, 0.717) is 26.2 Å². The Hall–Kier alpha value is -0.890. The van der Waals surface area contributed by atoms with Crippen LogP contribution in [-0.4, -0.2) is 49.4 Å². The molecule has 0 spiro atoms. The van der Waals surface area contributed by atoms with Gasteiger partial charge in [-0.2, -0.15) is 17.0 Å². The molecular formula is C16H26N2O4S. The topological polar surface area (TPSA) is 63.0 Å². The van der Waals surface area contributed by atoms with Gasteiger partial charge in [-0.15, -0.1) is 0 Å². The number of piperidine rings is 1. The molecule has 0 bridgehead atoms. The van der Waals surface area contributed by atoms with E-state index in [9.17, 15) is 8.42 Å². The standard InChI is InChI=1S/C16H26N2O4S/c1-2-11-21-14-6-3-9-17(13-14)23(19,20)18-10-4-7-15(18)16-8-5-12-22-16/h5,8,12,14-15H,2-4,6-7,9-11,13H2,1H3. The third kappa shape index (κ3) is 3.63. The second-order valence-corrected chi connectivity index (χ2v) is 8.17.